The van der Waals surface area contributed by atoms with Gasteiger partial charge in [0, 0.05) is 24.8 Å². The zero-order valence-electron chi connectivity index (χ0n) is 21.6. The highest BCUT2D eigenvalue weighted by Gasteiger charge is 2.29. The third kappa shape index (κ3) is 6.06. The molecule has 0 aliphatic rings. The summed E-state index contributed by atoms with van der Waals surface area (Å²) in [6, 6.07) is 4.82. The van der Waals surface area contributed by atoms with Crippen LogP contribution in [0.15, 0.2) is 30.7 Å². The lowest BCUT2D eigenvalue weighted by Crippen LogP contribution is -2.31. The maximum atomic E-state index is 13.4. The zero-order chi connectivity index (χ0) is 27.8. The number of hydrogen-bond donors (Lipinski definition) is 3. The third-order valence-electron chi connectivity index (χ3n) is 5.56. The lowest BCUT2D eigenvalue weighted by atomic mass is 10.1. The number of ether oxygens (including phenoxy) is 2. The number of aliphatic hydroxyl groups is 1. The number of benzene rings is 1. The number of aliphatic hydroxyl groups excluding tert-OH is 1. The summed E-state index contributed by atoms with van der Waals surface area (Å²) in [5.74, 6) is -1.56. The van der Waals surface area contributed by atoms with Gasteiger partial charge >= 0.3 is 12.1 Å². The Hall–Kier alpha value is -4.52. The molecule has 0 saturated carbocycles. The van der Waals surface area contributed by atoms with Gasteiger partial charge in [0.1, 0.15) is 18.5 Å². The molecular formula is C25H30N6O7. The smallest absolute Gasteiger partial charge is 0.423 e. The molecule has 2 aromatic heterocycles. The maximum absolute atomic E-state index is 13.4. The van der Waals surface area contributed by atoms with E-state index in [1.807, 2.05) is 6.92 Å². The molecule has 0 spiro atoms. The quantitative estimate of drug-likeness (QED) is 0.265. The lowest BCUT2D eigenvalue weighted by Gasteiger charge is -2.24. The van der Waals surface area contributed by atoms with Gasteiger partial charge in [0.05, 0.1) is 11.3 Å². The summed E-state index contributed by atoms with van der Waals surface area (Å²) in [6.45, 7) is 6.39. The van der Waals surface area contributed by atoms with E-state index in [0.717, 1.165) is 11.3 Å². The van der Waals surface area contributed by atoms with Crippen LogP contribution in [0.25, 0.3) is 5.52 Å². The largest absolute Gasteiger partial charge is 0.426 e. The van der Waals surface area contributed by atoms with Crippen LogP contribution in [0.4, 0.5) is 16.3 Å². The summed E-state index contributed by atoms with van der Waals surface area (Å²) in [6.07, 6.45) is 2.50. The first-order valence-corrected chi connectivity index (χ1v) is 12.0. The van der Waals surface area contributed by atoms with Crippen LogP contribution in [0.3, 0.4) is 0 Å². The molecule has 13 heteroatoms. The second-order valence-electron chi connectivity index (χ2n) is 8.20. The van der Waals surface area contributed by atoms with E-state index < -0.39 is 25.5 Å². The number of esters is 1. The van der Waals surface area contributed by atoms with Crippen LogP contribution in [-0.4, -0.2) is 70.1 Å². The number of carbonyl (C=O) groups excluding carboxylic acids is 4. The van der Waals surface area contributed by atoms with Gasteiger partial charge in [-0.05, 0) is 50.5 Å². The van der Waals surface area contributed by atoms with Crippen molar-refractivity contribution in [3.63, 3.8) is 0 Å². The van der Waals surface area contributed by atoms with E-state index in [-0.39, 0.29) is 23.3 Å². The maximum Gasteiger partial charge on any atom is 0.423 e. The number of aromatic nitrogens is 3. The minimum atomic E-state index is -0.981. The van der Waals surface area contributed by atoms with E-state index in [1.165, 1.54) is 23.1 Å². The first kappa shape index (κ1) is 28.1. The molecule has 0 aliphatic carbocycles. The van der Waals surface area contributed by atoms with Crippen LogP contribution >= 0.6 is 0 Å². The number of anilines is 2. The molecule has 0 saturated heterocycles. The second kappa shape index (κ2) is 12.6. The molecule has 3 rings (SSSR count). The monoisotopic (exact) mass is 526 g/mol. The second-order valence-corrected chi connectivity index (χ2v) is 8.20. The fourth-order valence-electron chi connectivity index (χ4n) is 3.68. The lowest BCUT2D eigenvalue weighted by molar-refractivity contribution is -0.154. The highest BCUT2D eigenvalue weighted by atomic mass is 16.7. The molecule has 0 radical (unpaired) electrons. The molecule has 0 atom stereocenters. The van der Waals surface area contributed by atoms with Crippen LogP contribution in [0.5, 0.6) is 0 Å². The topological polar surface area (TPSA) is 164 Å². The zero-order valence-corrected chi connectivity index (χ0v) is 21.6. The molecule has 3 aromatic rings. The average molecular weight is 527 g/mol. The van der Waals surface area contributed by atoms with E-state index >= 15 is 0 Å². The fourth-order valence-corrected chi connectivity index (χ4v) is 3.68. The number of nitrogens with one attached hydrogen (secondary N) is 2. The number of nitrogens with zero attached hydrogens (tertiary/aromatic N) is 4. The Kier molecular flexibility index (Phi) is 9.33. The molecule has 0 bridgehead atoms. The van der Waals surface area contributed by atoms with E-state index in [2.05, 4.69) is 25.5 Å². The Labute approximate surface area is 218 Å². The summed E-state index contributed by atoms with van der Waals surface area (Å²) in [5, 5.41) is 18.6. The van der Waals surface area contributed by atoms with Crippen LogP contribution in [0, 0.1) is 13.8 Å². The summed E-state index contributed by atoms with van der Waals surface area (Å²) in [7, 11) is 0. The van der Waals surface area contributed by atoms with Crippen LogP contribution in [0.1, 0.15) is 52.1 Å². The fraction of sp³-hybridized carbons (Fsp3) is 0.360. The molecule has 3 N–H and O–H groups in total. The molecule has 3 amide bonds. The number of aryl methyl sites for hydroxylation is 2. The Morgan fingerprint density at radius 1 is 1.08 bits per heavy atom. The summed E-state index contributed by atoms with van der Waals surface area (Å²) in [5.41, 5.74) is 2.36. The summed E-state index contributed by atoms with van der Waals surface area (Å²) < 4.78 is 11.3. The standard InChI is InChI=1S/C25H30N6O7/c1-5-9-27-23(34)17-8-7-15(3)19(10-17)31(25(36)38-14-37-20(33)12-32)22-21-16(4)18(24(35)26-6-2)11-30(21)29-13-28-22/h7-8,10-11,13,32H,5-6,9,12,14H2,1-4H3,(H,26,35)(H,27,34). The van der Waals surface area contributed by atoms with Crippen molar-refractivity contribution in [1.29, 1.82) is 0 Å². The number of amides is 3. The van der Waals surface area contributed by atoms with Gasteiger partial charge in [-0.2, -0.15) is 5.10 Å². The molecule has 2 heterocycles. The van der Waals surface area contributed by atoms with Gasteiger partial charge in [-0.15, -0.1) is 0 Å². The molecule has 0 fully saturated rings. The number of hydrogen-bond acceptors (Lipinski definition) is 9. The first-order valence-electron chi connectivity index (χ1n) is 12.0. The summed E-state index contributed by atoms with van der Waals surface area (Å²) >= 11 is 0. The van der Waals surface area contributed by atoms with Gasteiger partial charge in [0.15, 0.2) is 5.82 Å². The van der Waals surface area contributed by atoms with Gasteiger partial charge in [-0.3, -0.25) is 9.59 Å². The van der Waals surface area contributed by atoms with E-state index in [0.29, 0.717) is 40.9 Å². The molecule has 0 unspecified atom stereocenters. The Bertz CT molecular complexity index is 1350. The molecule has 38 heavy (non-hydrogen) atoms. The van der Waals surface area contributed by atoms with Crippen molar-refractivity contribution >= 4 is 40.9 Å². The van der Waals surface area contributed by atoms with Crippen LogP contribution in [0.2, 0.25) is 0 Å². The van der Waals surface area contributed by atoms with E-state index in [9.17, 15) is 19.2 Å². The van der Waals surface area contributed by atoms with E-state index in [1.54, 1.807) is 32.9 Å². The van der Waals surface area contributed by atoms with Crippen molar-refractivity contribution in [2.24, 2.45) is 0 Å². The summed E-state index contributed by atoms with van der Waals surface area (Å²) in [4.78, 5) is 55.5. The van der Waals surface area contributed by atoms with Gasteiger partial charge in [0.25, 0.3) is 11.8 Å². The predicted octanol–water partition coefficient (Wildman–Crippen LogP) is 2.00. The minimum absolute atomic E-state index is 0.0701. The van der Waals surface area contributed by atoms with E-state index in [4.69, 9.17) is 9.84 Å². The Morgan fingerprint density at radius 3 is 2.53 bits per heavy atom. The third-order valence-corrected chi connectivity index (χ3v) is 5.56. The number of rotatable bonds is 10. The Balaban J connectivity index is 2.16. The highest BCUT2D eigenvalue weighted by molar-refractivity contribution is 6.04. The van der Waals surface area contributed by atoms with Crippen LogP contribution < -0.4 is 15.5 Å². The minimum Gasteiger partial charge on any atom is -0.426 e. The molecular weight excluding hydrogens is 496 g/mol. The number of carbonyl (C=O) groups is 4. The van der Waals surface area contributed by atoms with Gasteiger partial charge in [-0.1, -0.05) is 13.0 Å². The Morgan fingerprint density at radius 2 is 1.84 bits per heavy atom. The van der Waals surface area contributed by atoms with Gasteiger partial charge < -0.3 is 25.2 Å². The van der Waals surface area contributed by atoms with Gasteiger partial charge in [0.2, 0.25) is 6.79 Å². The average Bonchev–Trinajstić information content (AvgIpc) is 3.25. The molecule has 13 nitrogen and oxygen atoms in total. The predicted molar refractivity (Wildman–Crippen MR) is 136 cm³/mol. The normalized spacial score (nSPS) is 10.7. The van der Waals surface area contributed by atoms with Crippen molar-refractivity contribution in [1.82, 2.24) is 25.2 Å². The molecule has 1 aromatic carbocycles. The van der Waals surface area contributed by atoms with Gasteiger partial charge in [-0.25, -0.2) is 24.0 Å². The first-order chi connectivity index (χ1) is 18.2. The van der Waals surface area contributed by atoms with Crippen molar-refractivity contribution in [3.05, 3.63) is 53.0 Å². The molecule has 202 valence electrons. The van der Waals surface area contributed by atoms with Crippen LogP contribution in [-0.2, 0) is 14.3 Å². The SMILES string of the molecule is CCCNC(=O)c1ccc(C)c(N(C(=O)OCOC(=O)CO)c2ncnn3cc(C(=O)NCC)c(C)c23)c1. The van der Waals surface area contributed by atoms with Crippen molar-refractivity contribution in [2.45, 2.75) is 34.1 Å². The molecule has 0 aliphatic heterocycles. The van der Waals surface area contributed by atoms with Crippen molar-refractivity contribution < 1.29 is 33.8 Å². The highest BCUT2D eigenvalue weighted by Crippen LogP contribution is 2.34. The van der Waals surface area contributed by atoms with Crippen molar-refractivity contribution in [3.8, 4) is 0 Å². The number of fused-ring (bicyclic) bond motifs is 1. The van der Waals surface area contributed by atoms with Crippen molar-refractivity contribution in [2.75, 3.05) is 31.4 Å².